The first kappa shape index (κ1) is 18.7. The summed E-state index contributed by atoms with van der Waals surface area (Å²) in [5.41, 5.74) is 5.92. The van der Waals surface area contributed by atoms with Crippen molar-refractivity contribution in [2.45, 2.75) is 5.82 Å². The zero-order valence-electron chi connectivity index (χ0n) is 16.8. The number of aromatic amines is 1. The molecular formula is C23H20N4O2Se. The molecule has 0 saturated heterocycles. The molecule has 3 heterocycles. The summed E-state index contributed by atoms with van der Waals surface area (Å²) in [7, 11) is 3.34. The Morgan fingerprint density at radius 1 is 1.03 bits per heavy atom. The van der Waals surface area contributed by atoms with Gasteiger partial charge in [0.1, 0.15) is 0 Å². The second kappa shape index (κ2) is 7.52. The predicted octanol–water partition coefficient (Wildman–Crippen LogP) is 3.94. The topological polar surface area (TPSA) is 64.4 Å². The standard InChI is InChI=1S/C23H20N4O2Se/c1-28-21-8-14(9-22(30-3)23(21)29-2)20-13-24-11-15-10-19(26-27(15)20)17-12-25-18-7-5-4-6-16(17)18/h4-13,25H,1-3H3. The molecule has 0 radical (unpaired) electrons. The fraction of sp³-hybridized carbons (Fsp3) is 0.130. The van der Waals surface area contributed by atoms with E-state index < -0.39 is 0 Å². The van der Waals surface area contributed by atoms with Crippen LogP contribution in [0, 0.1) is 0 Å². The zero-order valence-corrected chi connectivity index (χ0v) is 18.6. The van der Waals surface area contributed by atoms with Crippen LogP contribution in [0.1, 0.15) is 0 Å². The van der Waals surface area contributed by atoms with Gasteiger partial charge in [0.15, 0.2) is 0 Å². The van der Waals surface area contributed by atoms with E-state index in [1.165, 1.54) is 0 Å². The van der Waals surface area contributed by atoms with Gasteiger partial charge >= 0.3 is 180 Å². The number of nitrogens with zero attached hydrogens (tertiary/aromatic N) is 3. The monoisotopic (exact) mass is 464 g/mol. The summed E-state index contributed by atoms with van der Waals surface area (Å²) >= 11 is 0.245. The Labute approximate surface area is 180 Å². The number of fused-ring (bicyclic) bond motifs is 2. The molecule has 0 amide bonds. The summed E-state index contributed by atoms with van der Waals surface area (Å²) in [6.07, 6.45) is 5.68. The van der Waals surface area contributed by atoms with Crippen molar-refractivity contribution in [1.29, 1.82) is 0 Å². The van der Waals surface area contributed by atoms with Crippen molar-refractivity contribution in [3.05, 3.63) is 61.1 Å². The molecule has 6 nitrogen and oxygen atoms in total. The molecule has 0 spiro atoms. The Kier molecular flexibility index (Phi) is 4.69. The van der Waals surface area contributed by atoms with E-state index in [0.717, 1.165) is 54.9 Å². The first-order valence-electron chi connectivity index (χ1n) is 9.44. The van der Waals surface area contributed by atoms with Crippen LogP contribution in [0.3, 0.4) is 0 Å². The normalized spacial score (nSPS) is 11.3. The Bertz CT molecular complexity index is 1350. The van der Waals surface area contributed by atoms with Crippen molar-refractivity contribution in [2.24, 2.45) is 0 Å². The van der Waals surface area contributed by atoms with Crippen LogP contribution in [0.2, 0.25) is 5.82 Å². The van der Waals surface area contributed by atoms with E-state index in [1.807, 2.05) is 41.3 Å². The Morgan fingerprint density at radius 3 is 2.70 bits per heavy atom. The summed E-state index contributed by atoms with van der Waals surface area (Å²) in [4.78, 5) is 7.79. The molecule has 7 heteroatoms. The summed E-state index contributed by atoms with van der Waals surface area (Å²) < 4.78 is 14.3. The van der Waals surface area contributed by atoms with Crippen molar-refractivity contribution < 1.29 is 9.47 Å². The number of methoxy groups -OCH3 is 2. The molecule has 150 valence electrons. The van der Waals surface area contributed by atoms with Crippen LogP contribution in [0.25, 0.3) is 38.9 Å². The number of para-hydroxylation sites is 1. The maximum atomic E-state index is 5.60. The average Bonchev–Trinajstić information content (AvgIpc) is 3.41. The molecular weight excluding hydrogens is 443 g/mol. The minimum absolute atomic E-state index is 0.245. The van der Waals surface area contributed by atoms with E-state index in [9.17, 15) is 0 Å². The van der Waals surface area contributed by atoms with Gasteiger partial charge in [0.25, 0.3) is 0 Å². The Hall–Kier alpha value is -3.28. The summed E-state index contributed by atoms with van der Waals surface area (Å²) in [6.45, 7) is 0. The molecule has 1 N–H and O–H groups in total. The van der Waals surface area contributed by atoms with E-state index in [2.05, 4.69) is 40.1 Å². The number of hydrogen-bond acceptors (Lipinski definition) is 4. The van der Waals surface area contributed by atoms with E-state index in [-0.39, 0.29) is 15.0 Å². The first-order chi connectivity index (χ1) is 14.7. The van der Waals surface area contributed by atoms with Gasteiger partial charge in [0.2, 0.25) is 0 Å². The summed E-state index contributed by atoms with van der Waals surface area (Å²) in [5.74, 6) is 3.68. The number of nitrogens with one attached hydrogen (secondary N) is 1. The van der Waals surface area contributed by atoms with Crippen LogP contribution >= 0.6 is 0 Å². The average molecular weight is 463 g/mol. The number of ether oxygens (including phenoxy) is 2. The van der Waals surface area contributed by atoms with Crippen molar-refractivity contribution >= 4 is 35.8 Å². The van der Waals surface area contributed by atoms with Crippen LogP contribution in [0.4, 0.5) is 0 Å². The van der Waals surface area contributed by atoms with Crippen LogP contribution in [-0.2, 0) is 0 Å². The molecule has 0 bridgehead atoms. The molecule has 3 aromatic heterocycles. The van der Waals surface area contributed by atoms with Crippen LogP contribution in [0.15, 0.2) is 61.1 Å². The van der Waals surface area contributed by atoms with E-state index in [1.54, 1.807) is 14.2 Å². The summed E-state index contributed by atoms with van der Waals surface area (Å²) in [6, 6.07) is 14.4. The van der Waals surface area contributed by atoms with Crippen LogP contribution in [-0.4, -0.2) is 48.8 Å². The van der Waals surface area contributed by atoms with E-state index in [4.69, 9.17) is 14.6 Å². The second-order valence-corrected chi connectivity index (χ2v) is 8.60. The Morgan fingerprint density at radius 2 is 1.90 bits per heavy atom. The first-order valence-corrected chi connectivity index (χ1v) is 12.0. The molecule has 0 aliphatic heterocycles. The zero-order chi connectivity index (χ0) is 20.7. The molecule has 0 aliphatic rings. The number of hydrogen-bond donors (Lipinski definition) is 1. The van der Waals surface area contributed by atoms with Gasteiger partial charge in [-0.15, -0.1) is 0 Å². The third kappa shape index (κ3) is 2.95. The fourth-order valence-corrected chi connectivity index (χ4v) is 5.05. The van der Waals surface area contributed by atoms with Gasteiger partial charge in [-0.1, -0.05) is 0 Å². The minimum atomic E-state index is 0.245. The molecule has 0 fully saturated rings. The van der Waals surface area contributed by atoms with Gasteiger partial charge in [0.05, 0.1) is 0 Å². The van der Waals surface area contributed by atoms with Crippen molar-refractivity contribution in [3.8, 4) is 34.0 Å². The number of H-pyrrole nitrogens is 1. The van der Waals surface area contributed by atoms with Crippen molar-refractivity contribution in [1.82, 2.24) is 19.6 Å². The molecule has 30 heavy (non-hydrogen) atoms. The van der Waals surface area contributed by atoms with Crippen LogP contribution in [0.5, 0.6) is 11.5 Å². The third-order valence-corrected chi connectivity index (χ3v) is 6.75. The quantitative estimate of drug-likeness (QED) is 0.401. The van der Waals surface area contributed by atoms with Crippen molar-refractivity contribution in [3.63, 3.8) is 0 Å². The molecule has 0 aliphatic carbocycles. The Balaban J connectivity index is 1.70. The number of rotatable bonds is 5. The number of aromatic nitrogens is 4. The van der Waals surface area contributed by atoms with Crippen LogP contribution < -0.4 is 13.9 Å². The summed E-state index contributed by atoms with van der Waals surface area (Å²) in [5, 5.41) is 6.08. The predicted molar refractivity (Wildman–Crippen MR) is 120 cm³/mol. The number of benzene rings is 2. The fourth-order valence-electron chi connectivity index (χ4n) is 3.76. The second-order valence-electron chi connectivity index (χ2n) is 6.82. The molecule has 0 saturated carbocycles. The maximum absolute atomic E-state index is 5.60. The van der Waals surface area contributed by atoms with Gasteiger partial charge in [-0.25, -0.2) is 0 Å². The van der Waals surface area contributed by atoms with Crippen molar-refractivity contribution in [2.75, 3.05) is 14.2 Å². The van der Waals surface area contributed by atoms with E-state index in [0.29, 0.717) is 0 Å². The molecule has 5 rings (SSSR count). The molecule has 5 aromatic rings. The SMILES string of the molecule is COc1cc(-c2cncc3cc(-c4c[nH]c5ccccc45)nn23)cc([Se]C)c1OC. The molecule has 0 unspecified atom stereocenters. The van der Waals surface area contributed by atoms with Gasteiger partial charge < -0.3 is 0 Å². The van der Waals surface area contributed by atoms with Gasteiger partial charge in [0, 0.05) is 0 Å². The molecule has 0 atom stereocenters. The third-order valence-electron chi connectivity index (χ3n) is 5.19. The van der Waals surface area contributed by atoms with E-state index >= 15 is 0 Å². The van der Waals surface area contributed by atoms with Gasteiger partial charge in [-0.3, -0.25) is 0 Å². The van der Waals surface area contributed by atoms with Gasteiger partial charge in [-0.05, 0) is 0 Å². The van der Waals surface area contributed by atoms with Gasteiger partial charge in [-0.2, -0.15) is 0 Å². The molecule has 2 aromatic carbocycles.